The van der Waals surface area contributed by atoms with Gasteiger partial charge in [-0.05, 0) is 101 Å². The Hall–Kier alpha value is -6.44. The minimum absolute atomic E-state index is 0.530. The van der Waals surface area contributed by atoms with Gasteiger partial charge < -0.3 is 4.42 Å². The molecule has 1 nitrogen and oxygen atoms in total. The maximum atomic E-state index is 9.72. The molecule has 10 aromatic rings. The van der Waals surface area contributed by atoms with Crippen LogP contribution < -0.4 is 0 Å². The van der Waals surface area contributed by atoms with Crippen LogP contribution in [0.15, 0.2) is 186 Å². The van der Waals surface area contributed by atoms with E-state index in [9.17, 15) is 16.4 Å². The highest BCUT2D eigenvalue weighted by Crippen LogP contribution is 2.45. The molecule has 0 amide bonds. The molecule has 49 heavy (non-hydrogen) atoms. The molecule has 1 heteroatoms. The standard InChI is InChI=1S/C48H30O/c1-2-11-31(12-3-1)35-26-28-45-44(29-35)39-27-25-36(30-46(39)49-45)48-42-18-8-6-16-40(42)47(41-17-7-9-19-43(41)48)34-23-21-33(22-24-34)38-20-10-14-32-13-4-5-15-37(32)38/h1-30H/i1D,2D,3D,4D,5D,6D,7D,8D,9D,10D,11D,12D,13D,14D,15D,16D,17D,18D,19D,20D,21D,22D,23D,24D,25D,26D,27D,28D,29D,30D. The summed E-state index contributed by atoms with van der Waals surface area (Å²) >= 11 is 0. The van der Waals surface area contributed by atoms with Crippen molar-refractivity contribution in [1.82, 2.24) is 0 Å². The van der Waals surface area contributed by atoms with Crippen molar-refractivity contribution >= 4 is 54.3 Å². The Morgan fingerprint density at radius 3 is 1.57 bits per heavy atom. The molecule has 0 aliphatic rings. The molecule has 0 bridgehead atoms. The average molecular weight is 653 g/mol. The van der Waals surface area contributed by atoms with Gasteiger partial charge in [0.05, 0.1) is 41.1 Å². The second-order valence-electron chi connectivity index (χ2n) is 10.5. The quantitative estimate of drug-likeness (QED) is 0.172. The van der Waals surface area contributed by atoms with E-state index < -0.39 is 280 Å². The van der Waals surface area contributed by atoms with Crippen molar-refractivity contribution in [3.05, 3.63) is 181 Å². The number of hydrogen-bond acceptors (Lipinski definition) is 1. The predicted molar refractivity (Wildman–Crippen MR) is 208 cm³/mol. The van der Waals surface area contributed by atoms with Gasteiger partial charge in [0.1, 0.15) is 11.2 Å². The largest absolute Gasteiger partial charge is 0.456 e. The van der Waals surface area contributed by atoms with Crippen LogP contribution >= 0.6 is 0 Å². The molecule has 1 aromatic heterocycles. The molecule has 1 heterocycles. The van der Waals surface area contributed by atoms with Crippen molar-refractivity contribution in [2.45, 2.75) is 0 Å². The number of hydrogen-bond donors (Lipinski definition) is 0. The zero-order valence-corrected chi connectivity index (χ0v) is 24.4. The van der Waals surface area contributed by atoms with Gasteiger partial charge in [0.25, 0.3) is 0 Å². The van der Waals surface area contributed by atoms with Crippen LogP contribution in [0.2, 0.25) is 0 Å². The van der Waals surface area contributed by atoms with Gasteiger partial charge in [-0.1, -0.05) is 157 Å². The Labute approximate surface area is 326 Å². The first-order chi connectivity index (χ1) is 36.8. The highest BCUT2D eigenvalue weighted by molar-refractivity contribution is 6.22. The number of rotatable bonds is 4. The lowest BCUT2D eigenvalue weighted by Crippen LogP contribution is -1.91. The molecule has 0 aliphatic heterocycles. The number of furan rings is 1. The first-order valence-corrected chi connectivity index (χ1v) is 14.4. The molecule has 0 saturated heterocycles. The molecule has 0 saturated carbocycles. The second kappa shape index (κ2) is 11.1. The lowest BCUT2D eigenvalue weighted by molar-refractivity contribution is 0.669. The van der Waals surface area contributed by atoms with E-state index in [0.717, 1.165) is 0 Å². The van der Waals surface area contributed by atoms with E-state index in [1.807, 2.05) is 0 Å². The molecule has 228 valence electrons. The van der Waals surface area contributed by atoms with E-state index >= 15 is 0 Å². The van der Waals surface area contributed by atoms with Crippen LogP contribution in [0.5, 0.6) is 0 Å². The van der Waals surface area contributed by atoms with Gasteiger partial charge in [-0.15, -0.1) is 0 Å². The van der Waals surface area contributed by atoms with E-state index in [1.54, 1.807) is 0 Å². The number of fused-ring (bicyclic) bond motifs is 6. The Kier molecular flexibility index (Phi) is 2.50. The van der Waals surface area contributed by atoms with Crippen molar-refractivity contribution in [2.75, 3.05) is 0 Å². The molecule has 0 atom stereocenters. The predicted octanol–water partition coefficient (Wildman–Crippen LogP) is 13.7. The summed E-state index contributed by atoms with van der Waals surface area (Å²) in [5.74, 6) is 0. The minimum atomic E-state index is -1.12. The van der Waals surface area contributed by atoms with Gasteiger partial charge in [0.2, 0.25) is 0 Å². The monoisotopic (exact) mass is 652 g/mol. The van der Waals surface area contributed by atoms with Crippen LogP contribution in [0.4, 0.5) is 0 Å². The fourth-order valence-electron chi connectivity index (χ4n) is 5.70. The Bertz CT molecular complexity index is 4450. The van der Waals surface area contributed by atoms with Crippen LogP contribution in [-0.2, 0) is 0 Å². The van der Waals surface area contributed by atoms with E-state index in [0.29, 0.717) is 0 Å². The van der Waals surface area contributed by atoms with E-state index in [4.69, 9.17) is 29.1 Å². The van der Waals surface area contributed by atoms with Crippen LogP contribution in [0.25, 0.3) is 98.8 Å². The van der Waals surface area contributed by atoms with Gasteiger partial charge in [0.15, 0.2) is 0 Å². The summed E-state index contributed by atoms with van der Waals surface area (Å²) in [4.78, 5) is 0. The maximum absolute atomic E-state index is 9.72. The van der Waals surface area contributed by atoms with Crippen LogP contribution in [-0.4, -0.2) is 0 Å². The van der Waals surface area contributed by atoms with Crippen LogP contribution in [0, 0.1) is 0 Å². The fraction of sp³-hybridized carbons (Fsp3) is 0. The summed E-state index contributed by atoms with van der Waals surface area (Å²) < 4.78 is 275. The zero-order valence-electron chi connectivity index (χ0n) is 54.4. The van der Waals surface area contributed by atoms with Crippen molar-refractivity contribution < 1.29 is 45.5 Å². The Morgan fingerprint density at radius 2 is 0.857 bits per heavy atom. The summed E-state index contributed by atoms with van der Waals surface area (Å²) in [6, 6.07) is -28.4. The van der Waals surface area contributed by atoms with Crippen molar-refractivity contribution in [1.29, 1.82) is 0 Å². The molecule has 0 unspecified atom stereocenters. The second-order valence-corrected chi connectivity index (χ2v) is 10.5. The molecule has 10 rings (SSSR count). The molecular formula is C48H30O. The van der Waals surface area contributed by atoms with Crippen molar-refractivity contribution in [3.63, 3.8) is 0 Å². The Balaban J connectivity index is 1.41. The maximum Gasteiger partial charge on any atom is 0.136 e. The molecule has 0 radical (unpaired) electrons. The van der Waals surface area contributed by atoms with Gasteiger partial charge in [-0.25, -0.2) is 0 Å². The summed E-state index contributed by atoms with van der Waals surface area (Å²) in [7, 11) is 0. The molecular weight excluding hydrogens is 593 g/mol. The summed E-state index contributed by atoms with van der Waals surface area (Å²) in [6.07, 6.45) is 0. The topological polar surface area (TPSA) is 13.1 Å². The highest BCUT2D eigenvalue weighted by atomic mass is 16.3. The Morgan fingerprint density at radius 1 is 0.306 bits per heavy atom. The van der Waals surface area contributed by atoms with Gasteiger partial charge in [0, 0.05) is 10.8 Å². The normalized spacial score (nSPS) is 20.2. The molecule has 0 N–H and O–H groups in total. The molecule has 9 aromatic carbocycles. The smallest absolute Gasteiger partial charge is 0.136 e. The van der Waals surface area contributed by atoms with Gasteiger partial charge >= 0.3 is 0 Å². The van der Waals surface area contributed by atoms with E-state index in [-0.39, 0.29) is 0 Å². The van der Waals surface area contributed by atoms with Crippen LogP contribution in [0.3, 0.4) is 0 Å². The lowest BCUT2D eigenvalue weighted by Gasteiger charge is -2.18. The van der Waals surface area contributed by atoms with E-state index in [1.165, 1.54) is 0 Å². The summed E-state index contributed by atoms with van der Waals surface area (Å²) in [5, 5.41) is -5.40. The minimum Gasteiger partial charge on any atom is -0.456 e. The first-order valence-electron chi connectivity index (χ1n) is 29.4. The fourth-order valence-corrected chi connectivity index (χ4v) is 5.70. The first kappa shape index (κ1) is 11.1. The SMILES string of the molecule is [2H]c1c([2H])c([2H])c(-c2c([2H])c([2H])c3oc4c([2H])c(-c5c6c([2H])c([2H])c([2H])c([2H])c6c(-c6c([2H])c([2H])c(-c7c([2H])c([2H])c([2H])c8c([2H])c([2H])c([2H])c([2H])c78)c([2H])c6[2H])c6c([2H])c([2H])c([2H])c([2H])c56)c([2H])c([2H])c4c3c2[2H])c([2H])c1[2H]. The van der Waals surface area contributed by atoms with Crippen LogP contribution in [0.1, 0.15) is 41.1 Å². The van der Waals surface area contributed by atoms with Crippen molar-refractivity contribution in [3.8, 4) is 44.5 Å². The summed E-state index contributed by atoms with van der Waals surface area (Å²) in [5.41, 5.74) is -7.52. The number of benzene rings is 9. The molecule has 0 fully saturated rings. The third kappa shape index (κ3) is 4.47. The molecule has 0 aliphatic carbocycles. The summed E-state index contributed by atoms with van der Waals surface area (Å²) in [6.45, 7) is 0. The average Bonchev–Trinajstić information content (AvgIpc) is 4.08. The molecule has 0 spiro atoms. The van der Waals surface area contributed by atoms with Gasteiger partial charge in [-0.3, -0.25) is 0 Å². The third-order valence-electron chi connectivity index (χ3n) is 7.82. The van der Waals surface area contributed by atoms with E-state index in [2.05, 4.69) is 0 Å². The zero-order chi connectivity index (χ0) is 58.4. The van der Waals surface area contributed by atoms with Crippen molar-refractivity contribution in [2.24, 2.45) is 0 Å². The third-order valence-corrected chi connectivity index (χ3v) is 7.82. The lowest BCUT2D eigenvalue weighted by atomic mass is 9.85. The van der Waals surface area contributed by atoms with Gasteiger partial charge in [-0.2, -0.15) is 0 Å². The highest BCUT2D eigenvalue weighted by Gasteiger charge is 2.18.